The zero-order valence-electron chi connectivity index (χ0n) is 14.3. The number of carboxylic acids is 1. The fraction of sp³-hybridized carbons (Fsp3) is 0.353. The Bertz CT molecular complexity index is 648. The summed E-state index contributed by atoms with van der Waals surface area (Å²) in [5.41, 5.74) is 0.0196. The van der Waals surface area contributed by atoms with Gasteiger partial charge in [0, 0.05) is 18.2 Å². The summed E-state index contributed by atoms with van der Waals surface area (Å²) in [4.78, 5) is 25.9. The normalized spacial score (nSPS) is 12.1. The number of carbonyl (C=O) groups excluding carboxylic acids is 1. The third kappa shape index (κ3) is 9.09. The van der Waals surface area contributed by atoms with Gasteiger partial charge in [0.15, 0.2) is 0 Å². The molecule has 1 aromatic rings. The van der Waals surface area contributed by atoms with Crippen LogP contribution in [0, 0.1) is 0 Å². The lowest BCUT2D eigenvalue weighted by molar-refractivity contribution is -0.131. The number of rotatable bonds is 7. The van der Waals surface area contributed by atoms with E-state index in [2.05, 4.69) is 10.3 Å². The molecule has 0 radical (unpaired) electrons. The van der Waals surface area contributed by atoms with Crippen molar-refractivity contribution >= 4 is 18.1 Å². The van der Waals surface area contributed by atoms with E-state index in [-0.39, 0.29) is 18.7 Å². The molecule has 1 aromatic heterocycles. The molecule has 2 N–H and O–H groups in total. The minimum absolute atomic E-state index is 0.0573. The Balaban J connectivity index is 2.47. The number of aromatic nitrogens is 1. The number of pyridine rings is 1. The summed E-state index contributed by atoms with van der Waals surface area (Å²) in [6.07, 6.45) is 3.40. The van der Waals surface area contributed by atoms with Crippen molar-refractivity contribution in [1.82, 2.24) is 10.3 Å². The molecule has 0 saturated carbocycles. The zero-order valence-corrected chi connectivity index (χ0v) is 14.3. The second-order valence-electron chi connectivity index (χ2n) is 6.00. The molecule has 136 valence electrons. The number of carboxylic acid groups (broad SMARTS) is 1. The summed E-state index contributed by atoms with van der Waals surface area (Å²) in [7, 11) is 0. The SMILES string of the molecule is CC(C)(C)OC(=O)NCC(=CF)COc1ccc(/C=C/C(=O)O)nc1. The molecule has 1 heterocycles. The first kappa shape index (κ1) is 20.1. The van der Waals surface area contributed by atoms with Gasteiger partial charge < -0.3 is 19.9 Å². The maximum Gasteiger partial charge on any atom is 0.407 e. The van der Waals surface area contributed by atoms with Crippen molar-refractivity contribution in [3.05, 3.63) is 42.0 Å². The molecule has 1 amide bonds. The smallest absolute Gasteiger partial charge is 0.407 e. The van der Waals surface area contributed by atoms with Crippen molar-refractivity contribution < 1.29 is 28.6 Å². The van der Waals surface area contributed by atoms with Crippen LogP contribution in [0.4, 0.5) is 9.18 Å². The standard InChI is InChI=1S/C17H21FN2O5/c1-17(2,3)25-16(23)20-9-12(8-18)11-24-14-6-4-13(19-10-14)5-7-15(21)22/h4-8,10H,9,11H2,1-3H3,(H,20,23)(H,21,22)/b7-5+,12-8?. The highest BCUT2D eigenvalue weighted by Crippen LogP contribution is 2.12. The molecular weight excluding hydrogens is 331 g/mol. The van der Waals surface area contributed by atoms with Crippen molar-refractivity contribution in [3.63, 3.8) is 0 Å². The van der Waals surface area contributed by atoms with Crippen LogP contribution in [0.1, 0.15) is 26.5 Å². The number of carbonyl (C=O) groups is 2. The Morgan fingerprint density at radius 3 is 2.60 bits per heavy atom. The van der Waals surface area contributed by atoms with Crippen LogP contribution in [-0.4, -0.2) is 40.9 Å². The van der Waals surface area contributed by atoms with Crippen molar-refractivity contribution in [3.8, 4) is 5.75 Å². The van der Waals surface area contributed by atoms with Crippen LogP contribution in [0.15, 0.2) is 36.3 Å². The largest absolute Gasteiger partial charge is 0.487 e. The quantitative estimate of drug-likeness (QED) is 0.732. The van der Waals surface area contributed by atoms with Crippen LogP contribution in [0.2, 0.25) is 0 Å². The Hall–Kier alpha value is -2.90. The molecule has 7 nitrogen and oxygen atoms in total. The topological polar surface area (TPSA) is 97.8 Å². The number of aliphatic carboxylic acids is 1. The average Bonchev–Trinajstić information content (AvgIpc) is 2.52. The molecule has 8 heteroatoms. The van der Waals surface area contributed by atoms with Gasteiger partial charge >= 0.3 is 12.1 Å². The third-order valence-electron chi connectivity index (χ3n) is 2.59. The van der Waals surface area contributed by atoms with Crippen molar-refractivity contribution in [2.45, 2.75) is 26.4 Å². The van der Waals surface area contributed by atoms with E-state index >= 15 is 0 Å². The molecule has 0 aliphatic carbocycles. The van der Waals surface area contributed by atoms with E-state index in [1.54, 1.807) is 32.9 Å². The number of halogens is 1. The lowest BCUT2D eigenvalue weighted by atomic mass is 10.2. The number of alkyl carbamates (subject to hydrolysis) is 1. The second-order valence-corrected chi connectivity index (χ2v) is 6.00. The summed E-state index contributed by atoms with van der Waals surface area (Å²) in [6.45, 7) is 5.04. The van der Waals surface area contributed by atoms with Crippen LogP contribution in [-0.2, 0) is 9.53 Å². The first-order valence-corrected chi connectivity index (χ1v) is 7.44. The Morgan fingerprint density at radius 2 is 2.08 bits per heavy atom. The van der Waals surface area contributed by atoms with Gasteiger partial charge in [0.05, 0.1) is 18.2 Å². The fourth-order valence-corrected chi connectivity index (χ4v) is 1.53. The molecule has 0 fully saturated rings. The molecule has 1 rings (SSSR count). The highest BCUT2D eigenvalue weighted by atomic mass is 19.1. The van der Waals surface area contributed by atoms with E-state index in [1.165, 1.54) is 12.3 Å². The molecule has 0 aromatic carbocycles. The number of amides is 1. The first-order chi connectivity index (χ1) is 11.7. The Labute approximate surface area is 145 Å². The van der Waals surface area contributed by atoms with Gasteiger partial charge in [0.25, 0.3) is 0 Å². The summed E-state index contributed by atoms with van der Waals surface area (Å²) in [6, 6.07) is 3.14. The van der Waals surface area contributed by atoms with E-state index in [0.717, 1.165) is 6.08 Å². The summed E-state index contributed by atoms with van der Waals surface area (Å²) in [5, 5.41) is 11.0. The minimum atomic E-state index is -1.07. The van der Waals surface area contributed by atoms with Gasteiger partial charge in [0.2, 0.25) is 0 Å². The highest BCUT2D eigenvalue weighted by molar-refractivity contribution is 5.84. The monoisotopic (exact) mass is 352 g/mol. The van der Waals surface area contributed by atoms with Crippen LogP contribution in [0.3, 0.4) is 0 Å². The van der Waals surface area contributed by atoms with Gasteiger partial charge in [-0.3, -0.25) is 4.98 Å². The van der Waals surface area contributed by atoms with Crippen molar-refractivity contribution in [2.24, 2.45) is 0 Å². The number of ether oxygens (including phenoxy) is 2. The molecule has 0 saturated heterocycles. The van der Waals surface area contributed by atoms with Crippen LogP contribution in [0.25, 0.3) is 6.08 Å². The zero-order chi connectivity index (χ0) is 18.9. The molecule has 25 heavy (non-hydrogen) atoms. The molecule has 0 unspecified atom stereocenters. The van der Waals surface area contributed by atoms with Gasteiger partial charge in [0.1, 0.15) is 18.0 Å². The number of nitrogens with one attached hydrogen (secondary N) is 1. The van der Waals surface area contributed by atoms with Gasteiger partial charge in [-0.1, -0.05) is 0 Å². The van der Waals surface area contributed by atoms with Crippen molar-refractivity contribution in [1.29, 1.82) is 0 Å². The molecular formula is C17H21FN2O5. The molecule has 0 bridgehead atoms. The highest BCUT2D eigenvalue weighted by Gasteiger charge is 2.16. The molecule has 0 spiro atoms. The van der Waals surface area contributed by atoms with E-state index in [0.29, 0.717) is 17.8 Å². The number of hydrogen-bond donors (Lipinski definition) is 2. The van der Waals surface area contributed by atoms with Gasteiger partial charge in [-0.05, 0) is 39.0 Å². The third-order valence-corrected chi connectivity index (χ3v) is 2.59. The first-order valence-electron chi connectivity index (χ1n) is 7.44. The lowest BCUT2D eigenvalue weighted by Gasteiger charge is -2.20. The van der Waals surface area contributed by atoms with Gasteiger partial charge in [-0.15, -0.1) is 0 Å². The Kier molecular flexibility index (Phi) is 7.58. The van der Waals surface area contributed by atoms with Crippen LogP contribution >= 0.6 is 0 Å². The molecule has 0 atom stereocenters. The summed E-state index contributed by atoms with van der Waals surface area (Å²) in [5.74, 6) is -0.693. The van der Waals surface area contributed by atoms with Crippen LogP contribution in [0.5, 0.6) is 5.75 Å². The molecule has 0 aliphatic rings. The minimum Gasteiger partial charge on any atom is -0.487 e. The van der Waals surface area contributed by atoms with Gasteiger partial charge in [-0.2, -0.15) is 0 Å². The van der Waals surface area contributed by atoms with Crippen molar-refractivity contribution in [2.75, 3.05) is 13.2 Å². The molecule has 0 aliphatic heterocycles. The number of hydrogen-bond acceptors (Lipinski definition) is 5. The fourth-order valence-electron chi connectivity index (χ4n) is 1.53. The Morgan fingerprint density at radius 1 is 1.36 bits per heavy atom. The summed E-state index contributed by atoms with van der Waals surface area (Å²) < 4.78 is 23.3. The maximum atomic E-state index is 12.9. The lowest BCUT2D eigenvalue weighted by Crippen LogP contribution is -2.34. The summed E-state index contributed by atoms with van der Waals surface area (Å²) >= 11 is 0. The second kappa shape index (κ2) is 9.41. The van der Waals surface area contributed by atoms with Gasteiger partial charge in [-0.25, -0.2) is 14.0 Å². The van der Waals surface area contributed by atoms with Crippen LogP contribution < -0.4 is 10.1 Å². The van der Waals surface area contributed by atoms with E-state index in [1.807, 2.05) is 0 Å². The maximum absolute atomic E-state index is 12.9. The van der Waals surface area contributed by atoms with E-state index in [4.69, 9.17) is 14.6 Å². The predicted octanol–water partition coefficient (Wildman–Crippen LogP) is 2.94. The predicted molar refractivity (Wildman–Crippen MR) is 89.8 cm³/mol. The van der Waals surface area contributed by atoms with E-state index in [9.17, 15) is 14.0 Å². The average molecular weight is 352 g/mol. The number of nitrogens with zero attached hydrogens (tertiary/aromatic N) is 1. The van der Waals surface area contributed by atoms with E-state index < -0.39 is 17.7 Å².